The molecule has 0 saturated heterocycles. The van der Waals surface area contributed by atoms with Crippen LogP contribution in [0.25, 0.3) is 11.1 Å². The molecule has 1 aromatic carbocycles. The van der Waals surface area contributed by atoms with Crippen LogP contribution in [0, 0.1) is 0 Å². The molecule has 1 fully saturated rings. The van der Waals surface area contributed by atoms with Crippen LogP contribution in [0.15, 0.2) is 48.9 Å². The Balaban J connectivity index is 1.57. The number of pyridine rings is 1. The number of rotatable bonds is 6. The van der Waals surface area contributed by atoms with E-state index in [2.05, 4.69) is 15.7 Å². The van der Waals surface area contributed by atoms with Gasteiger partial charge in [0.1, 0.15) is 0 Å². The van der Waals surface area contributed by atoms with Gasteiger partial charge >= 0.3 is 0 Å². The molecule has 164 valence electrons. The summed E-state index contributed by atoms with van der Waals surface area (Å²) in [6.07, 6.45) is 8.10. The minimum atomic E-state index is -0.511. The zero-order valence-electron chi connectivity index (χ0n) is 17.3. The second kappa shape index (κ2) is 9.55. The van der Waals surface area contributed by atoms with Crippen molar-refractivity contribution in [1.82, 2.24) is 25.9 Å². The first-order valence-corrected chi connectivity index (χ1v) is 10.7. The molecule has 8 nitrogen and oxygen atoms in total. The predicted molar refractivity (Wildman–Crippen MR) is 118 cm³/mol. The summed E-state index contributed by atoms with van der Waals surface area (Å²) in [6, 6.07) is 8.82. The number of hydrazine groups is 2. The number of amides is 1. The number of nitrogens with one attached hydrogen (secondary N) is 2. The van der Waals surface area contributed by atoms with Gasteiger partial charge in [-0.1, -0.05) is 36.6 Å². The highest BCUT2D eigenvalue weighted by Crippen LogP contribution is 2.30. The van der Waals surface area contributed by atoms with Gasteiger partial charge in [0, 0.05) is 36.2 Å². The summed E-state index contributed by atoms with van der Waals surface area (Å²) in [5, 5.41) is 17.4. The van der Waals surface area contributed by atoms with Crippen molar-refractivity contribution < 1.29 is 14.6 Å². The standard InChI is InChI=1S/C22H26ClN5O3/c1-27-25-10-11-28(27)14-31-22-18(15-6-8-17(23)9-7-15)12-16(13-24-22)21(30)26-19-4-2-3-5-20(19)29/h6-13,19-20,25,29H,2-5,14H2,1H3,(H,26,30)/t19-,20-/m1/s1. The van der Waals surface area contributed by atoms with E-state index in [1.165, 1.54) is 6.20 Å². The summed E-state index contributed by atoms with van der Waals surface area (Å²) < 4.78 is 5.96. The third-order valence-corrected chi connectivity index (χ3v) is 5.79. The smallest absolute Gasteiger partial charge is 0.253 e. The number of aromatic nitrogens is 1. The maximum atomic E-state index is 12.9. The Bertz CT molecular complexity index is 953. The fourth-order valence-corrected chi connectivity index (χ4v) is 3.84. The number of halogens is 1. The van der Waals surface area contributed by atoms with Gasteiger partial charge in [-0.15, -0.1) is 5.12 Å². The molecule has 1 aliphatic carbocycles. The highest BCUT2D eigenvalue weighted by Gasteiger charge is 2.25. The van der Waals surface area contributed by atoms with Crippen LogP contribution in [0.2, 0.25) is 5.02 Å². The Kier molecular flexibility index (Phi) is 6.60. The van der Waals surface area contributed by atoms with Gasteiger partial charge in [0.05, 0.1) is 17.7 Å². The lowest BCUT2D eigenvalue weighted by Crippen LogP contribution is -2.45. The number of aliphatic hydroxyl groups excluding tert-OH is 1. The van der Waals surface area contributed by atoms with Crippen LogP contribution in [-0.2, 0) is 0 Å². The van der Waals surface area contributed by atoms with E-state index in [0.717, 1.165) is 24.8 Å². The lowest BCUT2D eigenvalue weighted by molar-refractivity contribution is -0.0203. The summed E-state index contributed by atoms with van der Waals surface area (Å²) in [7, 11) is 1.87. The molecule has 4 rings (SSSR count). The van der Waals surface area contributed by atoms with Crippen molar-refractivity contribution in [2.24, 2.45) is 0 Å². The minimum absolute atomic E-state index is 0.235. The highest BCUT2D eigenvalue weighted by atomic mass is 35.5. The highest BCUT2D eigenvalue weighted by molar-refractivity contribution is 6.30. The number of carbonyl (C=O) groups excluding carboxylic acids is 1. The number of benzene rings is 1. The van der Waals surface area contributed by atoms with Crippen LogP contribution < -0.4 is 15.5 Å². The lowest BCUT2D eigenvalue weighted by Gasteiger charge is -2.28. The zero-order valence-corrected chi connectivity index (χ0v) is 18.0. The van der Waals surface area contributed by atoms with Crippen LogP contribution in [0.3, 0.4) is 0 Å². The lowest BCUT2D eigenvalue weighted by atomic mass is 9.92. The van der Waals surface area contributed by atoms with E-state index in [9.17, 15) is 9.90 Å². The van der Waals surface area contributed by atoms with Gasteiger partial charge in [-0.25, -0.2) is 4.98 Å². The molecule has 0 spiro atoms. The molecule has 2 atom stereocenters. The third-order valence-electron chi connectivity index (χ3n) is 5.54. The second-order valence-electron chi connectivity index (χ2n) is 7.70. The Morgan fingerprint density at radius 1 is 1.32 bits per heavy atom. The maximum absolute atomic E-state index is 12.9. The van der Waals surface area contributed by atoms with Gasteiger partial charge in [0.25, 0.3) is 5.91 Å². The summed E-state index contributed by atoms with van der Waals surface area (Å²) in [5.41, 5.74) is 4.95. The molecular weight excluding hydrogens is 418 g/mol. The Hall–Kier alpha value is -2.81. The molecule has 1 amide bonds. The van der Waals surface area contributed by atoms with Crippen LogP contribution in [0.5, 0.6) is 5.88 Å². The average molecular weight is 444 g/mol. The fourth-order valence-electron chi connectivity index (χ4n) is 3.72. The van der Waals surface area contributed by atoms with Gasteiger partial charge in [-0.2, -0.15) is 0 Å². The topological polar surface area (TPSA) is 90.0 Å². The summed E-state index contributed by atoms with van der Waals surface area (Å²) in [5.74, 6) is 0.150. The molecular formula is C22H26ClN5O3. The van der Waals surface area contributed by atoms with Crippen molar-refractivity contribution >= 4 is 17.5 Å². The van der Waals surface area contributed by atoms with Crippen molar-refractivity contribution in [3.8, 4) is 17.0 Å². The maximum Gasteiger partial charge on any atom is 0.253 e. The fraction of sp³-hybridized carbons (Fsp3) is 0.364. The van der Waals surface area contributed by atoms with E-state index in [0.29, 0.717) is 28.5 Å². The monoisotopic (exact) mass is 443 g/mol. The van der Waals surface area contributed by atoms with Crippen molar-refractivity contribution in [3.05, 3.63) is 59.5 Å². The van der Waals surface area contributed by atoms with Crippen molar-refractivity contribution in [3.63, 3.8) is 0 Å². The molecule has 2 aliphatic rings. The largest absolute Gasteiger partial charge is 0.454 e. The number of aliphatic hydroxyl groups is 1. The third kappa shape index (κ3) is 5.10. The molecule has 1 aliphatic heterocycles. The Labute approximate surface area is 186 Å². The number of carbonyl (C=O) groups is 1. The first kappa shape index (κ1) is 21.4. The minimum Gasteiger partial charge on any atom is -0.454 e. The molecule has 31 heavy (non-hydrogen) atoms. The van der Waals surface area contributed by atoms with E-state index in [-0.39, 0.29) is 18.7 Å². The number of nitrogens with zero attached hydrogens (tertiary/aromatic N) is 3. The quantitative estimate of drug-likeness (QED) is 0.632. The van der Waals surface area contributed by atoms with Crippen LogP contribution in [-0.4, -0.2) is 52.0 Å². The molecule has 0 unspecified atom stereocenters. The number of hydrogen-bond acceptors (Lipinski definition) is 7. The Morgan fingerprint density at radius 3 is 2.81 bits per heavy atom. The van der Waals surface area contributed by atoms with E-state index >= 15 is 0 Å². The average Bonchev–Trinajstić information content (AvgIpc) is 3.19. The number of ether oxygens (including phenoxy) is 1. The number of hydrogen-bond donors (Lipinski definition) is 3. The van der Waals surface area contributed by atoms with Crippen molar-refractivity contribution in [2.75, 3.05) is 13.8 Å². The molecule has 2 heterocycles. The first-order chi connectivity index (χ1) is 15.0. The van der Waals surface area contributed by atoms with Crippen LogP contribution in [0.1, 0.15) is 36.0 Å². The van der Waals surface area contributed by atoms with E-state index < -0.39 is 6.10 Å². The molecule has 3 N–H and O–H groups in total. The second-order valence-corrected chi connectivity index (χ2v) is 8.13. The molecule has 1 saturated carbocycles. The van der Waals surface area contributed by atoms with Crippen LogP contribution in [0.4, 0.5) is 0 Å². The molecule has 0 radical (unpaired) electrons. The molecule has 0 bridgehead atoms. The molecule has 1 aromatic heterocycles. The SMILES string of the molecule is CN1NC=CN1COc1ncc(C(=O)N[C@@H]2CCCC[C@H]2O)cc1-c1ccc(Cl)cc1. The van der Waals surface area contributed by atoms with Gasteiger partial charge < -0.3 is 20.6 Å². The summed E-state index contributed by atoms with van der Waals surface area (Å²) in [4.78, 5) is 17.3. The van der Waals surface area contributed by atoms with E-state index in [1.54, 1.807) is 29.5 Å². The Morgan fingerprint density at radius 2 is 2.10 bits per heavy atom. The van der Waals surface area contributed by atoms with Crippen molar-refractivity contribution in [1.29, 1.82) is 0 Å². The van der Waals surface area contributed by atoms with Gasteiger partial charge in [0.15, 0.2) is 6.73 Å². The van der Waals surface area contributed by atoms with Crippen LogP contribution >= 0.6 is 11.6 Å². The van der Waals surface area contributed by atoms with Gasteiger partial charge in [-0.05, 0) is 36.6 Å². The molecule has 9 heteroatoms. The van der Waals surface area contributed by atoms with E-state index in [1.807, 2.05) is 30.4 Å². The van der Waals surface area contributed by atoms with Gasteiger partial charge in [-0.3, -0.25) is 9.80 Å². The van der Waals surface area contributed by atoms with E-state index in [4.69, 9.17) is 16.3 Å². The first-order valence-electron chi connectivity index (χ1n) is 10.3. The zero-order chi connectivity index (χ0) is 21.8. The molecule has 2 aromatic rings. The summed E-state index contributed by atoms with van der Waals surface area (Å²) in [6.45, 7) is 0.243. The van der Waals surface area contributed by atoms with Crippen molar-refractivity contribution in [2.45, 2.75) is 37.8 Å². The van der Waals surface area contributed by atoms with Gasteiger partial charge in [0.2, 0.25) is 5.88 Å². The summed E-state index contributed by atoms with van der Waals surface area (Å²) >= 11 is 6.04. The normalized spacial score (nSPS) is 21.1. The predicted octanol–water partition coefficient (Wildman–Crippen LogP) is 2.91.